The molecule has 0 bridgehead atoms. The van der Waals surface area contributed by atoms with E-state index in [0.29, 0.717) is 12.5 Å². The third-order valence-electron chi connectivity index (χ3n) is 4.30. The van der Waals surface area contributed by atoms with Crippen LogP contribution < -0.4 is 5.32 Å². The van der Waals surface area contributed by atoms with Gasteiger partial charge in [0.2, 0.25) is 0 Å². The Balaban J connectivity index is 1.69. The summed E-state index contributed by atoms with van der Waals surface area (Å²) < 4.78 is 1.41. The third kappa shape index (κ3) is 4.78. The average Bonchev–Trinajstić information content (AvgIpc) is 2.89. The molecule has 1 aliphatic carbocycles. The Labute approximate surface area is 124 Å². The van der Waals surface area contributed by atoms with E-state index in [9.17, 15) is 15.2 Å². The van der Waals surface area contributed by atoms with Crippen LogP contribution in [-0.4, -0.2) is 39.0 Å². The van der Waals surface area contributed by atoms with Crippen LogP contribution in [0, 0.1) is 22.0 Å². The van der Waals surface area contributed by atoms with E-state index in [-0.39, 0.29) is 12.2 Å². The summed E-state index contributed by atoms with van der Waals surface area (Å²) in [5, 5.41) is 27.7. The Hall–Kier alpha value is -1.47. The van der Waals surface area contributed by atoms with Gasteiger partial charge in [-0.15, -0.1) is 0 Å². The number of hydrogen-bond donors (Lipinski definition) is 2. The van der Waals surface area contributed by atoms with Gasteiger partial charge in [0.15, 0.2) is 0 Å². The maximum atomic E-state index is 10.6. The number of aromatic nitrogens is 2. The number of nitrogens with one attached hydrogen (secondary N) is 1. The van der Waals surface area contributed by atoms with Gasteiger partial charge in [-0.1, -0.05) is 26.2 Å². The number of nitro groups is 1. The van der Waals surface area contributed by atoms with Crippen molar-refractivity contribution in [2.45, 2.75) is 45.3 Å². The van der Waals surface area contributed by atoms with Crippen molar-refractivity contribution in [2.24, 2.45) is 11.8 Å². The first-order valence-corrected chi connectivity index (χ1v) is 7.62. The van der Waals surface area contributed by atoms with Gasteiger partial charge in [-0.05, 0) is 24.8 Å². The molecule has 0 aliphatic heterocycles. The molecule has 21 heavy (non-hydrogen) atoms. The topological polar surface area (TPSA) is 93.2 Å². The smallest absolute Gasteiger partial charge is 0.306 e. The predicted octanol–water partition coefficient (Wildman–Crippen LogP) is 1.57. The first kappa shape index (κ1) is 15.9. The molecule has 1 saturated carbocycles. The van der Waals surface area contributed by atoms with Crippen LogP contribution >= 0.6 is 0 Å². The van der Waals surface area contributed by atoms with Gasteiger partial charge in [-0.2, -0.15) is 5.10 Å². The van der Waals surface area contributed by atoms with E-state index in [0.717, 1.165) is 12.5 Å². The fourth-order valence-corrected chi connectivity index (χ4v) is 2.96. The first-order valence-electron chi connectivity index (χ1n) is 7.62. The van der Waals surface area contributed by atoms with Gasteiger partial charge in [0, 0.05) is 6.54 Å². The van der Waals surface area contributed by atoms with Crippen LogP contribution in [0.4, 0.5) is 5.69 Å². The lowest BCUT2D eigenvalue weighted by Gasteiger charge is -2.29. The molecule has 0 spiro atoms. The second-order valence-corrected chi connectivity index (χ2v) is 6.01. The molecule has 0 radical (unpaired) electrons. The Morgan fingerprint density at radius 3 is 3.00 bits per heavy atom. The van der Waals surface area contributed by atoms with Crippen molar-refractivity contribution in [1.29, 1.82) is 0 Å². The minimum absolute atomic E-state index is 0.0498. The summed E-state index contributed by atoms with van der Waals surface area (Å²) in [6.45, 7) is 3.97. The van der Waals surface area contributed by atoms with Crippen molar-refractivity contribution < 1.29 is 10.0 Å². The molecule has 1 fully saturated rings. The van der Waals surface area contributed by atoms with Gasteiger partial charge >= 0.3 is 5.69 Å². The van der Waals surface area contributed by atoms with Crippen LogP contribution in [0.5, 0.6) is 0 Å². The van der Waals surface area contributed by atoms with Gasteiger partial charge in [0.05, 0.1) is 17.6 Å². The van der Waals surface area contributed by atoms with E-state index in [1.165, 1.54) is 42.8 Å². The molecule has 1 aliphatic rings. The highest BCUT2D eigenvalue weighted by Crippen LogP contribution is 2.28. The zero-order valence-corrected chi connectivity index (χ0v) is 12.4. The number of hydrogen-bond acceptors (Lipinski definition) is 5. The second-order valence-electron chi connectivity index (χ2n) is 6.01. The lowest BCUT2D eigenvalue weighted by Crippen LogP contribution is -2.35. The molecule has 1 aromatic heterocycles. The first-order chi connectivity index (χ1) is 10.1. The molecule has 0 aromatic carbocycles. The van der Waals surface area contributed by atoms with Gasteiger partial charge < -0.3 is 10.4 Å². The molecule has 7 nitrogen and oxygen atoms in total. The van der Waals surface area contributed by atoms with Crippen LogP contribution in [0.1, 0.15) is 32.6 Å². The molecule has 118 valence electrons. The maximum absolute atomic E-state index is 10.6. The molecule has 1 heterocycles. The van der Waals surface area contributed by atoms with Crippen LogP contribution in [0.2, 0.25) is 0 Å². The zero-order valence-electron chi connectivity index (χ0n) is 12.4. The highest BCUT2D eigenvalue weighted by atomic mass is 16.6. The van der Waals surface area contributed by atoms with E-state index in [2.05, 4.69) is 17.3 Å². The number of aliphatic hydroxyl groups is 1. The lowest BCUT2D eigenvalue weighted by molar-refractivity contribution is -0.385. The predicted molar refractivity (Wildman–Crippen MR) is 78.9 cm³/mol. The molecule has 3 atom stereocenters. The van der Waals surface area contributed by atoms with Gasteiger partial charge in [-0.3, -0.25) is 14.8 Å². The Morgan fingerprint density at radius 2 is 2.33 bits per heavy atom. The normalized spacial score (nSPS) is 23.9. The van der Waals surface area contributed by atoms with Crippen molar-refractivity contribution in [1.82, 2.24) is 15.1 Å². The molecule has 7 heteroatoms. The van der Waals surface area contributed by atoms with Crippen molar-refractivity contribution in [3.05, 3.63) is 22.5 Å². The van der Waals surface area contributed by atoms with E-state index < -0.39 is 11.0 Å². The average molecular weight is 296 g/mol. The van der Waals surface area contributed by atoms with E-state index in [1.54, 1.807) is 0 Å². The Morgan fingerprint density at radius 1 is 1.57 bits per heavy atom. The summed E-state index contributed by atoms with van der Waals surface area (Å²) in [7, 11) is 0. The maximum Gasteiger partial charge on any atom is 0.306 e. The van der Waals surface area contributed by atoms with Crippen molar-refractivity contribution >= 4 is 5.69 Å². The van der Waals surface area contributed by atoms with Crippen LogP contribution in [0.15, 0.2) is 12.4 Å². The molecule has 2 N–H and O–H groups in total. The molecular weight excluding hydrogens is 272 g/mol. The monoisotopic (exact) mass is 296 g/mol. The summed E-state index contributed by atoms with van der Waals surface area (Å²) in [5.41, 5.74) is -0.0498. The summed E-state index contributed by atoms with van der Waals surface area (Å²) in [6.07, 6.45) is 7.13. The van der Waals surface area contributed by atoms with Crippen molar-refractivity contribution in [3.63, 3.8) is 0 Å². The Kier molecular flexibility index (Phi) is 5.69. The van der Waals surface area contributed by atoms with Crippen LogP contribution in [0.25, 0.3) is 0 Å². The third-order valence-corrected chi connectivity index (χ3v) is 4.30. The van der Waals surface area contributed by atoms with Gasteiger partial charge in [-0.25, -0.2) is 0 Å². The van der Waals surface area contributed by atoms with Crippen LogP contribution in [-0.2, 0) is 6.54 Å². The zero-order chi connectivity index (χ0) is 15.2. The molecule has 1 aromatic rings. The molecule has 0 amide bonds. The number of nitrogens with zero attached hydrogens (tertiary/aromatic N) is 3. The van der Waals surface area contributed by atoms with E-state index >= 15 is 0 Å². The lowest BCUT2D eigenvalue weighted by atomic mass is 9.80. The molecule has 2 rings (SSSR count). The van der Waals surface area contributed by atoms with E-state index in [4.69, 9.17) is 0 Å². The Bertz CT molecular complexity index is 463. The second kappa shape index (κ2) is 7.51. The van der Waals surface area contributed by atoms with Crippen LogP contribution in [0.3, 0.4) is 0 Å². The highest BCUT2D eigenvalue weighted by Gasteiger charge is 2.21. The minimum Gasteiger partial charge on any atom is -0.390 e. The fourth-order valence-electron chi connectivity index (χ4n) is 2.96. The standard InChI is InChI=1S/C14H24N4O3/c1-11-4-2-3-5-12(11)6-15-8-14(19)10-17-9-13(7-16-17)18(20)21/h7,9,11-12,14-15,19H,2-6,8,10H2,1H3. The molecule has 3 unspecified atom stereocenters. The fraction of sp³-hybridized carbons (Fsp3) is 0.786. The minimum atomic E-state index is -0.594. The largest absolute Gasteiger partial charge is 0.390 e. The molecule has 0 saturated heterocycles. The summed E-state index contributed by atoms with van der Waals surface area (Å²) in [6, 6.07) is 0. The summed E-state index contributed by atoms with van der Waals surface area (Å²) >= 11 is 0. The molecular formula is C14H24N4O3. The quantitative estimate of drug-likeness (QED) is 0.588. The summed E-state index contributed by atoms with van der Waals surface area (Å²) in [5.74, 6) is 1.44. The summed E-state index contributed by atoms with van der Waals surface area (Å²) in [4.78, 5) is 10.1. The van der Waals surface area contributed by atoms with Gasteiger partial charge in [0.1, 0.15) is 12.4 Å². The number of rotatable bonds is 7. The SMILES string of the molecule is CC1CCCCC1CNCC(O)Cn1cc([N+](=O)[O-])cn1. The van der Waals surface area contributed by atoms with Gasteiger partial charge in [0.25, 0.3) is 0 Å². The number of aliphatic hydroxyl groups excluding tert-OH is 1. The van der Waals surface area contributed by atoms with E-state index in [1.807, 2.05) is 0 Å². The highest BCUT2D eigenvalue weighted by molar-refractivity contribution is 5.20. The van der Waals surface area contributed by atoms with Crippen molar-refractivity contribution in [3.8, 4) is 0 Å². The van der Waals surface area contributed by atoms with Crippen molar-refractivity contribution in [2.75, 3.05) is 13.1 Å².